The van der Waals surface area contributed by atoms with Gasteiger partial charge in [0.15, 0.2) is 17.5 Å². The van der Waals surface area contributed by atoms with Gasteiger partial charge < -0.3 is 4.90 Å². The highest BCUT2D eigenvalue weighted by molar-refractivity contribution is 6.25. The first-order valence-electron chi connectivity index (χ1n) is 19.2. The van der Waals surface area contributed by atoms with Gasteiger partial charge >= 0.3 is 0 Å². The molecule has 11 rings (SSSR count). The lowest BCUT2D eigenvalue weighted by atomic mass is 9.91. The van der Waals surface area contributed by atoms with E-state index in [0.717, 1.165) is 38.9 Å². The summed E-state index contributed by atoms with van der Waals surface area (Å²) in [5.74, 6) is 1.94. The fraction of sp³-hybridized carbons (Fsp3) is 0.0385. The van der Waals surface area contributed by atoms with Crippen molar-refractivity contribution in [2.45, 2.75) is 12.0 Å². The number of rotatable bonds is 5. The van der Waals surface area contributed by atoms with Crippen LogP contribution in [0.3, 0.4) is 0 Å². The summed E-state index contributed by atoms with van der Waals surface area (Å²) >= 11 is 0. The molecular weight excluding hydrogens is 695 g/mol. The van der Waals surface area contributed by atoms with E-state index in [1.807, 2.05) is 42.5 Å². The van der Waals surface area contributed by atoms with E-state index >= 15 is 0 Å². The molecule has 0 amide bonds. The summed E-state index contributed by atoms with van der Waals surface area (Å²) in [7, 11) is 0. The number of fused-ring (bicyclic) bond motifs is 9. The molecule has 0 saturated heterocycles. The third-order valence-electron chi connectivity index (χ3n) is 11.4. The van der Waals surface area contributed by atoms with Crippen LogP contribution in [-0.2, 0) is 0 Å². The van der Waals surface area contributed by atoms with Crippen molar-refractivity contribution < 1.29 is 0 Å². The SMILES string of the molecule is N#Cc1cc(-c2cccc(N3c4ccccc4C4C=CC=CC43)c2)cc(-c2nc(-c3ccccc3)nc(-c3ccc4c5ccccc5c5ccccc5c4c3)n2)c1. The second-order valence-electron chi connectivity index (χ2n) is 14.7. The lowest BCUT2D eigenvalue weighted by Gasteiger charge is -2.29. The molecule has 5 heteroatoms. The standard InChI is InChI=1S/C52H33N5/c53-32-33-27-37(35-15-12-16-39(30-35)57-48-23-10-8-21-45(48)46-22-9-11-24-49(46)57)29-38(28-33)52-55-50(34-13-2-1-3-14-34)54-51(56-52)36-25-26-44-42-19-5-4-17-40(42)41-18-6-7-20-43(41)47(44)31-36/h1-31,45,48H. The van der Waals surface area contributed by atoms with Crippen LogP contribution in [0.15, 0.2) is 188 Å². The zero-order valence-corrected chi connectivity index (χ0v) is 30.8. The van der Waals surface area contributed by atoms with E-state index in [4.69, 9.17) is 15.0 Å². The molecule has 0 fully saturated rings. The molecule has 0 radical (unpaired) electrons. The summed E-state index contributed by atoms with van der Waals surface area (Å²) in [5.41, 5.74) is 8.63. The molecule has 0 bridgehead atoms. The number of para-hydroxylation sites is 1. The first-order valence-corrected chi connectivity index (χ1v) is 19.2. The van der Waals surface area contributed by atoms with Crippen LogP contribution in [0.2, 0.25) is 0 Å². The van der Waals surface area contributed by atoms with E-state index in [0.29, 0.717) is 29.0 Å². The fourth-order valence-corrected chi connectivity index (χ4v) is 8.81. The third-order valence-corrected chi connectivity index (χ3v) is 11.4. The number of hydrogen-bond acceptors (Lipinski definition) is 5. The average Bonchev–Trinajstić information content (AvgIpc) is 3.63. The van der Waals surface area contributed by atoms with Crippen LogP contribution in [0, 0.1) is 11.3 Å². The van der Waals surface area contributed by atoms with Crippen LogP contribution in [0.25, 0.3) is 77.6 Å². The van der Waals surface area contributed by atoms with Gasteiger partial charge in [0.2, 0.25) is 0 Å². The molecule has 1 aromatic heterocycles. The second kappa shape index (κ2) is 13.3. The van der Waals surface area contributed by atoms with Crippen molar-refractivity contribution in [3.8, 4) is 51.4 Å². The van der Waals surface area contributed by atoms with Crippen molar-refractivity contribution in [2.24, 2.45) is 0 Å². The predicted molar refractivity (Wildman–Crippen MR) is 232 cm³/mol. The molecule has 0 N–H and O–H groups in total. The van der Waals surface area contributed by atoms with Gasteiger partial charge in [-0.2, -0.15) is 5.26 Å². The zero-order valence-electron chi connectivity index (χ0n) is 30.8. The van der Waals surface area contributed by atoms with Crippen molar-refractivity contribution >= 4 is 43.7 Å². The van der Waals surface area contributed by atoms with E-state index in [9.17, 15) is 5.26 Å². The Morgan fingerprint density at radius 2 is 1.04 bits per heavy atom. The maximum atomic E-state index is 10.3. The highest BCUT2D eigenvalue weighted by Crippen LogP contribution is 2.48. The van der Waals surface area contributed by atoms with Gasteiger partial charge in [-0.15, -0.1) is 0 Å². The van der Waals surface area contributed by atoms with Crippen LogP contribution < -0.4 is 4.90 Å². The minimum atomic E-state index is 0.190. The van der Waals surface area contributed by atoms with Crippen molar-refractivity contribution in [1.29, 1.82) is 5.26 Å². The Morgan fingerprint density at radius 3 is 1.79 bits per heavy atom. The lowest BCUT2D eigenvalue weighted by molar-refractivity contribution is 0.745. The fourth-order valence-electron chi connectivity index (χ4n) is 8.81. The van der Waals surface area contributed by atoms with Crippen LogP contribution in [-0.4, -0.2) is 21.0 Å². The topological polar surface area (TPSA) is 65.7 Å². The van der Waals surface area contributed by atoms with Crippen molar-refractivity contribution in [1.82, 2.24) is 15.0 Å². The molecule has 266 valence electrons. The highest BCUT2D eigenvalue weighted by Gasteiger charge is 2.37. The molecule has 2 unspecified atom stereocenters. The number of hydrogen-bond donors (Lipinski definition) is 0. The zero-order chi connectivity index (χ0) is 37.9. The number of nitriles is 1. The quantitative estimate of drug-likeness (QED) is 0.165. The average molecular weight is 728 g/mol. The van der Waals surface area contributed by atoms with Gasteiger partial charge in [-0.3, -0.25) is 0 Å². The molecule has 0 saturated carbocycles. The molecule has 2 heterocycles. The first-order chi connectivity index (χ1) is 28.2. The summed E-state index contributed by atoms with van der Waals surface area (Å²) in [4.78, 5) is 17.7. The van der Waals surface area contributed by atoms with Crippen LogP contribution in [0.5, 0.6) is 0 Å². The second-order valence-corrected chi connectivity index (χ2v) is 14.7. The summed E-state index contributed by atoms with van der Waals surface area (Å²) in [5, 5.41) is 17.5. The van der Waals surface area contributed by atoms with E-state index in [1.165, 1.54) is 38.2 Å². The lowest BCUT2D eigenvalue weighted by Crippen LogP contribution is -2.28. The van der Waals surface area contributed by atoms with Gasteiger partial charge in [-0.1, -0.05) is 146 Å². The molecule has 0 spiro atoms. The molecule has 57 heavy (non-hydrogen) atoms. The molecular formula is C52H33N5. The number of aromatic nitrogens is 3. The van der Waals surface area contributed by atoms with Gasteiger partial charge in [0.25, 0.3) is 0 Å². The van der Waals surface area contributed by atoms with Gasteiger partial charge in [0.1, 0.15) is 0 Å². The Balaban J connectivity index is 1.06. The maximum absolute atomic E-state index is 10.3. The molecule has 1 aliphatic carbocycles. The Labute approximate surface area is 330 Å². The molecule has 8 aromatic carbocycles. The summed E-state index contributed by atoms with van der Waals surface area (Å²) in [6.07, 6.45) is 8.87. The van der Waals surface area contributed by atoms with Crippen LogP contribution in [0.1, 0.15) is 17.0 Å². The van der Waals surface area contributed by atoms with Gasteiger partial charge in [0, 0.05) is 34.0 Å². The largest absolute Gasteiger partial charge is 0.333 e. The number of anilines is 2. The van der Waals surface area contributed by atoms with E-state index < -0.39 is 0 Å². The number of nitrogens with zero attached hydrogens (tertiary/aromatic N) is 5. The smallest absolute Gasteiger partial charge is 0.164 e. The van der Waals surface area contributed by atoms with Crippen LogP contribution in [0.4, 0.5) is 11.4 Å². The van der Waals surface area contributed by atoms with E-state index in [2.05, 4.69) is 157 Å². The predicted octanol–water partition coefficient (Wildman–Crippen LogP) is 12.6. The summed E-state index contributed by atoms with van der Waals surface area (Å²) in [6.45, 7) is 0. The van der Waals surface area contributed by atoms with Crippen molar-refractivity contribution in [3.63, 3.8) is 0 Å². The molecule has 1 aliphatic heterocycles. The maximum Gasteiger partial charge on any atom is 0.164 e. The van der Waals surface area contributed by atoms with Gasteiger partial charge in [-0.25, -0.2) is 15.0 Å². The Morgan fingerprint density at radius 1 is 0.439 bits per heavy atom. The summed E-state index contributed by atoms with van der Waals surface area (Å²) < 4.78 is 0. The third kappa shape index (κ3) is 5.50. The molecule has 2 atom stereocenters. The van der Waals surface area contributed by atoms with Crippen molar-refractivity contribution in [3.05, 3.63) is 199 Å². The minimum Gasteiger partial charge on any atom is -0.333 e. The number of allylic oxidation sites excluding steroid dienone is 2. The molecule has 5 nitrogen and oxygen atoms in total. The molecule has 2 aliphatic rings. The van der Waals surface area contributed by atoms with Gasteiger partial charge in [-0.05, 0) is 91.5 Å². The van der Waals surface area contributed by atoms with E-state index in [-0.39, 0.29) is 6.04 Å². The Kier molecular flexibility index (Phi) is 7.61. The minimum absolute atomic E-state index is 0.190. The summed E-state index contributed by atoms with van der Waals surface area (Å²) in [6, 6.07) is 59.5. The van der Waals surface area contributed by atoms with Gasteiger partial charge in [0.05, 0.1) is 17.7 Å². The van der Waals surface area contributed by atoms with E-state index in [1.54, 1.807) is 0 Å². The van der Waals surface area contributed by atoms with Crippen molar-refractivity contribution in [2.75, 3.05) is 4.90 Å². The van der Waals surface area contributed by atoms with Crippen LogP contribution >= 0.6 is 0 Å². The monoisotopic (exact) mass is 727 g/mol. The Bertz CT molecular complexity index is 3140. The molecule has 9 aromatic rings. The normalized spacial score (nSPS) is 15.5. The highest BCUT2D eigenvalue weighted by atomic mass is 15.2. The number of benzene rings is 8. The first kappa shape index (κ1) is 32.7. The Hall–Kier alpha value is -7.68.